The summed E-state index contributed by atoms with van der Waals surface area (Å²) in [6.07, 6.45) is 0. The standard InChI is InChI=1S/C63H41N5/c1-4-14-42(15-5-1)45-24-28-48(29-25-45)61-64-62(49-30-26-46(27-31-49)43-16-6-2-7-17-43)66-63(65-61)50-34-38-52(39-35-50)68-58-23-13-11-21-54(58)56-41-40-55-53-20-10-12-22-57(53)67(59(55)60(56)68)51-36-32-47(33-37-51)44-18-8-3-9-19-44/h1-41H. The number of hydrogen-bond donors (Lipinski definition) is 0. The van der Waals surface area contributed by atoms with Gasteiger partial charge in [-0.15, -0.1) is 0 Å². The zero-order valence-corrected chi connectivity index (χ0v) is 36.9. The maximum atomic E-state index is 5.16. The lowest BCUT2D eigenvalue weighted by Gasteiger charge is -2.14. The SMILES string of the molecule is c1ccc(-c2ccc(-c3nc(-c4ccc(-c5ccccc5)cc4)nc(-c4ccc(-n5c6ccccc6c6ccc7c8ccccc8n(-c8ccc(-c9ccccc9)cc8)c7c65)cc4)n3)cc2)cc1. The van der Waals surface area contributed by atoms with Gasteiger partial charge in [0.2, 0.25) is 0 Å². The third kappa shape index (κ3) is 6.76. The van der Waals surface area contributed by atoms with Gasteiger partial charge in [-0.2, -0.15) is 0 Å². The van der Waals surface area contributed by atoms with Crippen molar-refractivity contribution >= 4 is 43.6 Å². The molecule has 68 heavy (non-hydrogen) atoms. The van der Waals surface area contributed by atoms with Crippen molar-refractivity contribution in [2.75, 3.05) is 0 Å². The first-order valence-electron chi connectivity index (χ1n) is 23.0. The van der Waals surface area contributed by atoms with E-state index in [1.807, 2.05) is 12.1 Å². The van der Waals surface area contributed by atoms with Crippen LogP contribution >= 0.6 is 0 Å². The fourth-order valence-corrected chi connectivity index (χ4v) is 9.88. The summed E-state index contributed by atoms with van der Waals surface area (Å²) in [6, 6.07) is 88.2. The van der Waals surface area contributed by atoms with Crippen LogP contribution in [0.2, 0.25) is 0 Å². The maximum Gasteiger partial charge on any atom is 0.164 e. The molecule has 0 aliphatic rings. The van der Waals surface area contributed by atoms with Crippen LogP contribution in [-0.4, -0.2) is 24.1 Å². The smallest absolute Gasteiger partial charge is 0.164 e. The van der Waals surface area contributed by atoms with E-state index >= 15 is 0 Å². The minimum absolute atomic E-state index is 0.611. The monoisotopic (exact) mass is 867 g/mol. The highest BCUT2D eigenvalue weighted by molar-refractivity contribution is 6.23. The van der Waals surface area contributed by atoms with Crippen LogP contribution in [0.3, 0.4) is 0 Å². The summed E-state index contributed by atoms with van der Waals surface area (Å²) < 4.78 is 4.87. The van der Waals surface area contributed by atoms with E-state index in [1.54, 1.807) is 0 Å². The van der Waals surface area contributed by atoms with Crippen molar-refractivity contribution in [1.82, 2.24) is 24.1 Å². The Bertz CT molecular complexity index is 3850. The highest BCUT2D eigenvalue weighted by Gasteiger charge is 2.22. The summed E-state index contributed by atoms with van der Waals surface area (Å²) in [4.78, 5) is 15.4. The molecule has 10 aromatic carbocycles. The summed E-state index contributed by atoms with van der Waals surface area (Å²) >= 11 is 0. The van der Waals surface area contributed by atoms with Crippen molar-refractivity contribution in [2.24, 2.45) is 0 Å². The zero-order chi connectivity index (χ0) is 45.0. The molecule has 0 aliphatic carbocycles. The molecule has 0 radical (unpaired) electrons. The van der Waals surface area contributed by atoms with Crippen LogP contribution in [0.15, 0.2) is 249 Å². The van der Waals surface area contributed by atoms with Gasteiger partial charge in [0.15, 0.2) is 17.5 Å². The molecule has 3 aromatic heterocycles. The second-order valence-corrected chi connectivity index (χ2v) is 17.2. The van der Waals surface area contributed by atoms with Gasteiger partial charge < -0.3 is 9.13 Å². The highest BCUT2D eigenvalue weighted by atomic mass is 15.1. The van der Waals surface area contributed by atoms with Gasteiger partial charge in [-0.3, -0.25) is 0 Å². The van der Waals surface area contributed by atoms with Gasteiger partial charge in [-0.05, 0) is 81.9 Å². The van der Waals surface area contributed by atoms with Crippen molar-refractivity contribution in [3.8, 4) is 78.9 Å². The van der Waals surface area contributed by atoms with E-state index in [4.69, 9.17) is 15.0 Å². The van der Waals surface area contributed by atoms with Crippen LogP contribution < -0.4 is 0 Å². The Hall–Kier alpha value is -9.19. The minimum Gasteiger partial charge on any atom is -0.307 e. The van der Waals surface area contributed by atoms with E-state index in [2.05, 4.69) is 246 Å². The Balaban J connectivity index is 0.958. The van der Waals surface area contributed by atoms with E-state index < -0.39 is 0 Å². The van der Waals surface area contributed by atoms with Crippen LogP contribution in [-0.2, 0) is 0 Å². The number of hydrogen-bond acceptors (Lipinski definition) is 3. The van der Waals surface area contributed by atoms with Crippen LogP contribution in [0.1, 0.15) is 0 Å². The number of aromatic nitrogens is 5. The first-order chi connectivity index (χ1) is 33.7. The molecule has 0 unspecified atom stereocenters. The van der Waals surface area contributed by atoms with Crippen molar-refractivity contribution in [2.45, 2.75) is 0 Å². The number of rotatable bonds is 8. The molecule has 0 saturated heterocycles. The largest absolute Gasteiger partial charge is 0.307 e. The molecular formula is C63H41N5. The van der Waals surface area contributed by atoms with E-state index in [0.717, 1.165) is 61.4 Å². The molecule has 0 amide bonds. The van der Waals surface area contributed by atoms with Crippen molar-refractivity contribution in [3.05, 3.63) is 249 Å². The first kappa shape index (κ1) is 39.2. The average Bonchev–Trinajstić information content (AvgIpc) is 3.95. The summed E-state index contributed by atoms with van der Waals surface area (Å²) in [5, 5.41) is 4.83. The number of para-hydroxylation sites is 2. The predicted octanol–water partition coefficient (Wildman–Crippen LogP) is 16.1. The van der Waals surface area contributed by atoms with Gasteiger partial charge in [-0.1, -0.05) is 200 Å². The van der Waals surface area contributed by atoms with Crippen LogP contribution in [0.4, 0.5) is 0 Å². The second kappa shape index (κ2) is 16.4. The molecule has 13 rings (SSSR count). The van der Waals surface area contributed by atoms with Crippen LogP contribution in [0.25, 0.3) is 123 Å². The van der Waals surface area contributed by atoms with Crippen LogP contribution in [0.5, 0.6) is 0 Å². The summed E-state index contributed by atoms with van der Waals surface area (Å²) in [7, 11) is 0. The first-order valence-corrected chi connectivity index (χ1v) is 23.0. The van der Waals surface area contributed by atoms with E-state index in [-0.39, 0.29) is 0 Å². The average molecular weight is 868 g/mol. The fraction of sp³-hybridized carbons (Fsp3) is 0. The molecule has 0 bridgehead atoms. The molecule has 0 atom stereocenters. The Labute approximate surface area is 393 Å². The Kier molecular flexibility index (Phi) is 9.43. The third-order valence-electron chi connectivity index (χ3n) is 13.2. The number of nitrogens with zero attached hydrogens (tertiary/aromatic N) is 5. The molecule has 0 saturated carbocycles. The van der Waals surface area contributed by atoms with Crippen LogP contribution in [0, 0.1) is 0 Å². The molecule has 0 fully saturated rings. The van der Waals surface area contributed by atoms with Gasteiger partial charge >= 0.3 is 0 Å². The molecule has 13 aromatic rings. The van der Waals surface area contributed by atoms with E-state index in [0.29, 0.717) is 17.5 Å². The molecule has 0 N–H and O–H groups in total. The van der Waals surface area contributed by atoms with Gasteiger partial charge in [0.05, 0.1) is 22.1 Å². The lowest BCUT2D eigenvalue weighted by atomic mass is 10.0. The Morgan fingerprint density at radius 2 is 0.471 bits per heavy atom. The fourth-order valence-electron chi connectivity index (χ4n) is 9.88. The molecule has 0 spiro atoms. The zero-order valence-electron chi connectivity index (χ0n) is 36.9. The summed E-state index contributed by atoms with van der Waals surface area (Å²) in [5.74, 6) is 1.85. The molecule has 5 nitrogen and oxygen atoms in total. The Morgan fingerprint density at radius 3 is 0.824 bits per heavy atom. The van der Waals surface area contributed by atoms with Gasteiger partial charge in [0, 0.05) is 49.6 Å². The molecule has 318 valence electrons. The lowest BCUT2D eigenvalue weighted by Crippen LogP contribution is -2.01. The molecule has 3 heterocycles. The number of fused-ring (bicyclic) bond motifs is 7. The van der Waals surface area contributed by atoms with Crippen molar-refractivity contribution in [1.29, 1.82) is 0 Å². The third-order valence-corrected chi connectivity index (χ3v) is 13.2. The van der Waals surface area contributed by atoms with Gasteiger partial charge in [0.1, 0.15) is 0 Å². The Morgan fingerprint density at radius 1 is 0.206 bits per heavy atom. The maximum absolute atomic E-state index is 5.16. The topological polar surface area (TPSA) is 48.5 Å². The molecule has 5 heteroatoms. The summed E-state index contributed by atoms with van der Waals surface area (Å²) in [6.45, 7) is 0. The highest BCUT2D eigenvalue weighted by Crippen LogP contribution is 2.42. The quantitative estimate of drug-likeness (QED) is 0.153. The van der Waals surface area contributed by atoms with Crippen molar-refractivity contribution in [3.63, 3.8) is 0 Å². The molecular weight excluding hydrogens is 827 g/mol. The van der Waals surface area contributed by atoms with Gasteiger partial charge in [-0.25, -0.2) is 15.0 Å². The van der Waals surface area contributed by atoms with Gasteiger partial charge in [0.25, 0.3) is 0 Å². The van der Waals surface area contributed by atoms with E-state index in [1.165, 1.54) is 43.7 Å². The second-order valence-electron chi connectivity index (χ2n) is 17.2. The summed E-state index contributed by atoms with van der Waals surface area (Å²) in [5.41, 5.74) is 16.5. The number of benzene rings is 10. The normalized spacial score (nSPS) is 11.5. The lowest BCUT2D eigenvalue weighted by molar-refractivity contribution is 1.07. The minimum atomic E-state index is 0.611. The molecule has 0 aliphatic heterocycles. The predicted molar refractivity (Wildman–Crippen MR) is 281 cm³/mol. The van der Waals surface area contributed by atoms with Crippen molar-refractivity contribution < 1.29 is 0 Å². The van der Waals surface area contributed by atoms with E-state index in [9.17, 15) is 0 Å².